The fourth-order valence-electron chi connectivity index (χ4n) is 1.95. The molecule has 0 amide bonds. The lowest BCUT2D eigenvalue weighted by molar-refractivity contribution is 0.465. The molecule has 17 heavy (non-hydrogen) atoms. The van der Waals surface area contributed by atoms with Gasteiger partial charge < -0.3 is 5.73 Å². The first kappa shape index (κ1) is 11.7. The predicted molar refractivity (Wildman–Crippen MR) is 72.1 cm³/mol. The van der Waals surface area contributed by atoms with Crippen LogP contribution in [0.15, 0.2) is 35.1 Å². The molecule has 0 saturated heterocycles. The van der Waals surface area contributed by atoms with Gasteiger partial charge in [0.05, 0.1) is 0 Å². The average molecular weight is 230 g/mol. The summed E-state index contributed by atoms with van der Waals surface area (Å²) in [4.78, 5) is 12.3. The van der Waals surface area contributed by atoms with Gasteiger partial charge in [0.15, 0.2) is 0 Å². The van der Waals surface area contributed by atoms with Gasteiger partial charge in [-0.15, -0.1) is 0 Å². The summed E-state index contributed by atoms with van der Waals surface area (Å²) in [6, 6.07) is 9.44. The van der Waals surface area contributed by atoms with Crippen LogP contribution in [-0.2, 0) is 6.54 Å². The highest BCUT2D eigenvalue weighted by Crippen LogP contribution is 2.15. The number of pyridine rings is 1. The number of nitrogens with two attached hydrogens (primary N) is 1. The molecule has 0 aliphatic carbocycles. The molecule has 3 nitrogen and oxygen atoms in total. The highest BCUT2D eigenvalue weighted by Gasteiger charge is 2.09. The Bertz CT molecular complexity index is 586. The monoisotopic (exact) mass is 230 g/mol. The molecule has 2 N–H and O–H groups in total. The molecule has 0 radical (unpaired) electrons. The molecule has 1 unspecified atom stereocenters. The summed E-state index contributed by atoms with van der Waals surface area (Å²) >= 11 is 0. The van der Waals surface area contributed by atoms with E-state index in [4.69, 9.17) is 5.73 Å². The minimum atomic E-state index is 0.0147. The largest absolute Gasteiger partial charge is 0.385 e. The third-order valence-corrected chi connectivity index (χ3v) is 3.24. The van der Waals surface area contributed by atoms with Crippen molar-refractivity contribution < 1.29 is 0 Å². The maximum atomic E-state index is 12.3. The molecule has 1 atom stereocenters. The van der Waals surface area contributed by atoms with Gasteiger partial charge in [0.2, 0.25) is 0 Å². The molecule has 0 aliphatic heterocycles. The molecule has 1 aromatic carbocycles. The van der Waals surface area contributed by atoms with Crippen LogP contribution in [-0.4, -0.2) is 4.57 Å². The van der Waals surface area contributed by atoms with Gasteiger partial charge in [-0.2, -0.15) is 0 Å². The Hall–Kier alpha value is -1.77. The number of rotatable bonds is 3. The van der Waals surface area contributed by atoms with Crippen molar-refractivity contribution in [2.24, 2.45) is 5.92 Å². The van der Waals surface area contributed by atoms with E-state index < -0.39 is 0 Å². The number of hydrogen-bond donors (Lipinski definition) is 1. The molecule has 0 aliphatic rings. The van der Waals surface area contributed by atoms with E-state index in [9.17, 15) is 4.79 Å². The van der Waals surface area contributed by atoms with Crippen molar-refractivity contribution in [2.75, 3.05) is 5.73 Å². The second-order valence-electron chi connectivity index (χ2n) is 4.59. The third-order valence-electron chi connectivity index (χ3n) is 3.24. The van der Waals surface area contributed by atoms with Crippen molar-refractivity contribution in [3.63, 3.8) is 0 Å². The molecule has 0 fully saturated rings. The summed E-state index contributed by atoms with van der Waals surface area (Å²) in [6.45, 7) is 4.93. The Morgan fingerprint density at radius 2 is 2.06 bits per heavy atom. The van der Waals surface area contributed by atoms with E-state index in [1.807, 2.05) is 30.3 Å². The summed E-state index contributed by atoms with van der Waals surface area (Å²) < 4.78 is 1.68. The third kappa shape index (κ3) is 2.18. The normalized spacial score (nSPS) is 12.8. The minimum absolute atomic E-state index is 0.0147. The van der Waals surface area contributed by atoms with Crippen LogP contribution in [0.2, 0.25) is 0 Å². The summed E-state index contributed by atoms with van der Waals surface area (Å²) in [5.74, 6) is 1.00. The second-order valence-corrected chi connectivity index (χ2v) is 4.59. The Labute approximate surface area is 101 Å². The summed E-state index contributed by atoms with van der Waals surface area (Å²) in [5.41, 5.74) is 5.97. The van der Waals surface area contributed by atoms with E-state index in [1.54, 1.807) is 4.57 Å². The van der Waals surface area contributed by atoms with Gasteiger partial charge in [-0.25, -0.2) is 0 Å². The topological polar surface area (TPSA) is 48.0 Å². The van der Waals surface area contributed by atoms with Gasteiger partial charge in [0.1, 0.15) is 5.82 Å². The van der Waals surface area contributed by atoms with Crippen LogP contribution in [0.5, 0.6) is 0 Å². The highest BCUT2D eigenvalue weighted by molar-refractivity contribution is 5.83. The van der Waals surface area contributed by atoms with Gasteiger partial charge in [-0.1, -0.05) is 38.5 Å². The van der Waals surface area contributed by atoms with E-state index in [1.165, 1.54) is 0 Å². The number of nitrogens with zero attached hydrogens (tertiary/aromatic N) is 1. The lowest BCUT2D eigenvalue weighted by Crippen LogP contribution is -2.25. The van der Waals surface area contributed by atoms with Gasteiger partial charge in [-0.05, 0) is 23.4 Å². The Morgan fingerprint density at radius 3 is 2.76 bits per heavy atom. The van der Waals surface area contributed by atoms with Crippen molar-refractivity contribution in [1.29, 1.82) is 0 Å². The van der Waals surface area contributed by atoms with Gasteiger partial charge >= 0.3 is 0 Å². The molecule has 0 bridgehead atoms. The Kier molecular flexibility index (Phi) is 3.18. The zero-order valence-corrected chi connectivity index (χ0v) is 10.3. The number of anilines is 1. The Morgan fingerprint density at radius 1 is 1.35 bits per heavy atom. The average Bonchev–Trinajstić information content (AvgIpc) is 2.34. The molecule has 1 heterocycles. The first-order valence-electron chi connectivity index (χ1n) is 6.01. The van der Waals surface area contributed by atoms with Gasteiger partial charge in [0.25, 0.3) is 5.56 Å². The minimum Gasteiger partial charge on any atom is -0.385 e. The van der Waals surface area contributed by atoms with Crippen LogP contribution >= 0.6 is 0 Å². The van der Waals surface area contributed by atoms with Crippen LogP contribution in [0, 0.1) is 5.92 Å². The molecule has 2 aromatic rings. The first-order chi connectivity index (χ1) is 8.13. The second kappa shape index (κ2) is 4.62. The number of hydrogen-bond acceptors (Lipinski definition) is 2. The molecule has 0 spiro atoms. The number of benzene rings is 1. The first-order valence-corrected chi connectivity index (χ1v) is 6.01. The van der Waals surface area contributed by atoms with Crippen LogP contribution in [0.3, 0.4) is 0 Å². The van der Waals surface area contributed by atoms with Crippen molar-refractivity contribution in [3.8, 4) is 0 Å². The quantitative estimate of drug-likeness (QED) is 0.881. The molecule has 3 heteroatoms. The van der Waals surface area contributed by atoms with Crippen LogP contribution < -0.4 is 11.3 Å². The molecule has 2 rings (SSSR count). The lowest BCUT2D eigenvalue weighted by Gasteiger charge is -2.14. The zero-order chi connectivity index (χ0) is 12.4. The molecule has 1 aromatic heterocycles. The number of fused-ring (bicyclic) bond motifs is 1. The fraction of sp³-hybridized carbons (Fsp3) is 0.357. The molecule has 0 saturated carbocycles. The maximum absolute atomic E-state index is 12.3. The molecule has 90 valence electrons. The summed E-state index contributed by atoms with van der Waals surface area (Å²) in [5, 5.41) is 1.65. The maximum Gasteiger partial charge on any atom is 0.259 e. The van der Waals surface area contributed by atoms with Gasteiger partial charge in [0, 0.05) is 11.9 Å². The van der Waals surface area contributed by atoms with E-state index >= 15 is 0 Å². The van der Waals surface area contributed by atoms with E-state index in [0.29, 0.717) is 18.3 Å². The van der Waals surface area contributed by atoms with Crippen molar-refractivity contribution >= 4 is 16.6 Å². The van der Waals surface area contributed by atoms with Crippen molar-refractivity contribution in [1.82, 2.24) is 4.57 Å². The Balaban J connectivity index is 2.60. The fourth-order valence-corrected chi connectivity index (χ4v) is 1.95. The van der Waals surface area contributed by atoms with Crippen LogP contribution in [0.25, 0.3) is 10.8 Å². The van der Waals surface area contributed by atoms with Crippen LogP contribution in [0.1, 0.15) is 20.3 Å². The predicted octanol–water partition coefficient (Wildman–Crippen LogP) is 2.63. The SMILES string of the molecule is CCC(C)Cn1c(N)cc2ccccc2c1=O. The smallest absolute Gasteiger partial charge is 0.259 e. The van der Waals surface area contributed by atoms with E-state index in [2.05, 4.69) is 13.8 Å². The van der Waals surface area contributed by atoms with E-state index in [0.717, 1.165) is 17.2 Å². The number of nitrogen functional groups attached to an aromatic ring is 1. The van der Waals surface area contributed by atoms with Crippen molar-refractivity contribution in [3.05, 3.63) is 40.7 Å². The summed E-state index contributed by atoms with van der Waals surface area (Å²) in [7, 11) is 0. The lowest BCUT2D eigenvalue weighted by atomic mass is 10.1. The van der Waals surface area contributed by atoms with E-state index in [-0.39, 0.29) is 5.56 Å². The molecular weight excluding hydrogens is 212 g/mol. The zero-order valence-electron chi connectivity index (χ0n) is 10.3. The highest BCUT2D eigenvalue weighted by atomic mass is 16.1. The van der Waals surface area contributed by atoms with Crippen LogP contribution in [0.4, 0.5) is 5.82 Å². The molecular formula is C14H18N2O. The van der Waals surface area contributed by atoms with Gasteiger partial charge in [-0.3, -0.25) is 9.36 Å². The van der Waals surface area contributed by atoms with Crippen molar-refractivity contribution in [2.45, 2.75) is 26.8 Å². The number of aromatic nitrogens is 1. The standard InChI is InChI=1S/C14H18N2O/c1-3-10(2)9-16-13(15)8-11-6-4-5-7-12(11)14(16)17/h4-8,10H,3,9,15H2,1-2H3. The summed E-state index contributed by atoms with van der Waals surface area (Å²) in [6.07, 6.45) is 1.04.